The van der Waals surface area contributed by atoms with Crippen LogP contribution in [0, 0.1) is 0 Å². The molecule has 0 spiro atoms. The maximum Gasteiger partial charge on any atom is 0.326 e. The number of amides is 1. The minimum absolute atomic E-state index is 0.306. The lowest BCUT2D eigenvalue weighted by Crippen LogP contribution is -2.40. The summed E-state index contributed by atoms with van der Waals surface area (Å²) < 4.78 is 0. The molecule has 2 N–H and O–H groups in total. The lowest BCUT2D eigenvalue weighted by Gasteiger charge is -2.13. The van der Waals surface area contributed by atoms with E-state index in [0.29, 0.717) is 27.9 Å². The standard InChI is InChI=1S/C14H13ClN2O3/c1-2-11(14(19)20)17-13(18)10-7-16-12(15)9-6-4-3-5-8(9)10/h3-7,11H,2H2,1H3,(H,17,18)(H,19,20). The van der Waals surface area contributed by atoms with E-state index in [1.54, 1.807) is 31.2 Å². The quantitative estimate of drug-likeness (QED) is 0.849. The van der Waals surface area contributed by atoms with Gasteiger partial charge < -0.3 is 10.4 Å². The summed E-state index contributed by atoms with van der Waals surface area (Å²) in [6, 6.07) is 6.17. The Kier molecular flexibility index (Phi) is 4.20. The van der Waals surface area contributed by atoms with Gasteiger partial charge in [-0.2, -0.15) is 0 Å². The molecular weight excluding hydrogens is 280 g/mol. The van der Waals surface area contributed by atoms with E-state index in [-0.39, 0.29) is 0 Å². The number of pyridine rings is 1. The fourth-order valence-electron chi connectivity index (χ4n) is 1.91. The number of halogens is 1. The largest absolute Gasteiger partial charge is 0.480 e. The van der Waals surface area contributed by atoms with Crippen molar-refractivity contribution in [1.82, 2.24) is 10.3 Å². The first-order chi connectivity index (χ1) is 9.54. The molecule has 0 saturated carbocycles. The van der Waals surface area contributed by atoms with Gasteiger partial charge in [-0.3, -0.25) is 4.79 Å². The van der Waals surface area contributed by atoms with Crippen molar-refractivity contribution in [3.63, 3.8) is 0 Å². The number of carboxylic acids is 1. The average molecular weight is 293 g/mol. The van der Waals surface area contributed by atoms with Crippen LogP contribution in [0.15, 0.2) is 30.5 Å². The maximum absolute atomic E-state index is 12.2. The van der Waals surface area contributed by atoms with Gasteiger partial charge in [-0.15, -0.1) is 0 Å². The van der Waals surface area contributed by atoms with Crippen LogP contribution in [0.25, 0.3) is 10.8 Å². The van der Waals surface area contributed by atoms with Crippen LogP contribution in [-0.4, -0.2) is 28.0 Å². The minimum atomic E-state index is -1.06. The first kappa shape index (κ1) is 14.3. The molecule has 1 heterocycles. The number of carbonyl (C=O) groups is 2. The molecule has 1 amide bonds. The number of aromatic nitrogens is 1. The number of rotatable bonds is 4. The zero-order valence-electron chi connectivity index (χ0n) is 10.8. The van der Waals surface area contributed by atoms with Crippen molar-refractivity contribution in [2.75, 3.05) is 0 Å². The second-order valence-electron chi connectivity index (χ2n) is 4.28. The number of aliphatic carboxylic acids is 1. The summed E-state index contributed by atoms with van der Waals surface area (Å²) in [6.45, 7) is 1.69. The highest BCUT2D eigenvalue weighted by Gasteiger charge is 2.20. The molecule has 1 atom stereocenters. The summed E-state index contributed by atoms with van der Waals surface area (Å²) in [7, 11) is 0. The van der Waals surface area contributed by atoms with Gasteiger partial charge in [0, 0.05) is 11.6 Å². The molecule has 0 saturated heterocycles. The molecule has 0 aliphatic rings. The number of carboxylic acid groups (broad SMARTS) is 1. The summed E-state index contributed by atoms with van der Waals surface area (Å²) in [5, 5.41) is 13.1. The highest BCUT2D eigenvalue weighted by atomic mass is 35.5. The first-order valence-electron chi connectivity index (χ1n) is 6.11. The molecule has 1 aromatic heterocycles. The van der Waals surface area contributed by atoms with Gasteiger partial charge in [-0.25, -0.2) is 9.78 Å². The van der Waals surface area contributed by atoms with Crippen LogP contribution >= 0.6 is 11.6 Å². The lowest BCUT2D eigenvalue weighted by molar-refractivity contribution is -0.139. The van der Waals surface area contributed by atoms with Crippen LogP contribution in [0.1, 0.15) is 23.7 Å². The Balaban J connectivity index is 2.40. The Morgan fingerprint density at radius 3 is 2.60 bits per heavy atom. The molecule has 5 nitrogen and oxygen atoms in total. The molecule has 0 bridgehead atoms. The molecule has 6 heteroatoms. The van der Waals surface area contributed by atoms with Gasteiger partial charge in [0.2, 0.25) is 0 Å². The monoisotopic (exact) mass is 292 g/mol. The summed E-state index contributed by atoms with van der Waals surface area (Å²) >= 11 is 5.98. The van der Waals surface area contributed by atoms with E-state index in [1.165, 1.54) is 6.20 Å². The minimum Gasteiger partial charge on any atom is -0.480 e. The van der Waals surface area contributed by atoms with Gasteiger partial charge in [0.1, 0.15) is 11.2 Å². The molecular formula is C14H13ClN2O3. The third-order valence-corrected chi connectivity index (χ3v) is 3.30. The van der Waals surface area contributed by atoms with E-state index < -0.39 is 17.9 Å². The zero-order valence-corrected chi connectivity index (χ0v) is 11.5. The molecule has 0 radical (unpaired) electrons. The number of hydrogen-bond donors (Lipinski definition) is 2. The predicted octanol–water partition coefficient (Wildman–Crippen LogP) is 2.48. The molecule has 104 valence electrons. The van der Waals surface area contributed by atoms with Crippen LogP contribution < -0.4 is 5.32 Å². The van der Waals surface area contributed by atoms with Crippen molar-refractivity contribution in [3.05, 3.63) is 41.2 Å². The second kappa shape index (κ2) is 5.88. The molecule has 0 aliphatic heterocycles. The summed E-state index contributed by atoms with van der Waals surface area (Å²) in [4.78, 5) is 27.1. The Morgan fingerprint density at radius 1 is 1.35 bits per heavy atom. The van der Waals surface area contributed by atoms with E-state index in [4.69, 9.17) is 16.7 Å². The van der Waals surface area contributed by atoms with Crippen LogP contribution in [0.2, 0.25) is 5.15 Å². The third kappa shape index (κ3) is 2.72. The number of carbonyl (C=O) groups excluding carboxylic acids is 1. The molecule has 1 aromatic carbocycles. The van der Waals surface area contributed by atoms with Crippen molar-refractivity contribution in [3.8, 4) is 0 Å². The van der Waals surface area contributed by atoms with Gasteiger partial charge >= 0.3 is 5.97 Å². The number of benzene rings is 1. The van der Waals surface area contributed by atoms with Crippen molar-refractivity contribution in [2.45, 2.75) is 19.4 Å². The Labute approximate surface area is 120 Å². The maximum atomic E-state index is 12.2. The van der Waals surface area contributed by atoms with E-state index in [9.17, 15) is 9.59 Å². The number of hydrogen-bond acceptors (Lipinski definition) is 3. The number of nitrogens with one attached hydrogen (secondary N) is 1. The van der Waals surface area contributed by atoms with Gasteiger partial charge in [0.05, 0.1) is 5.56 Å². The van der Waals surface area contributed by atoms with Crippen LogP contribution in [0.5, 0.6) is 0 Å². The van der Waals surface area contributed by atoms with Crippen molar-refractivity contribution >= 4 is 34.2 Å². The SMILES string of the molecule is CCC(NC(=O)c1cnc(Cl)c2ccccc12)C(=O)O. The molecule has 1 unspecified atom stereocenters. The van der Waals surface area contributed by atoms with Crippen LogP contribution in [0.3, 0.4) is 0 Å². The van der Waals surface area contributed by atoms with Gasteiger partial charge in [0.25, 0.3) is 5.91 Å². The number of fused-ring (bicyclic) bond motifs is 1. The second-order valence-corrected chi connectivity index (χ2v) is 4.64. The fourth-order valence-corrected chi connectivity index (χ4v) is 2.13. The Bertz CT molecular complexity index is 673. The van der Waals surface area contributed by atoms with Crippen LogP contribution in [0.4, 0.5) is 0 Å². The smallest absolute Gasteiger partial charge is 0.326 e. The highest BCUT2D eigenvalue weighted by Crippen LogP contribution is 2.24. The summed E-state index contributed by atoms with van der Waals surface area (Å²) in [5.74, 6) is -1.54. The number of nitrogens with zero attached hydrogens (tertiary/aromatic N) is 1. The van der Waals surface area contributed by atoms with Crippen molar-refractivity contribution < 1.29 is 14.7 Å². The molecule has 2 aromatic rings. The topological polar surface area (TPSA) is 79.3 Å². The Morgan fingerprint density at radius 2 is 2.00 bits per heavy atom. The van der Waals surface area contributed by atoms with E-state index in [0.717, 1.165) is 0 Å². The molecule has 0 fully saturated rings. The lowest BCUT2D eigenvalue weighted by atomic mass is 10.1. The average Bonchev–Trinajstić information content (AvgIpc) is 2.45. The van der Waals surface area contributed by atoms with Crippen molar-refractivity contribution in [2.24, 2.45) is 0 Å². The molecule has 20 heavy (non-hydrogen) atoms. The van der Waals surface area contributed by atoms with E-state index >= 15 is 0 Å². The normalized spacial score (nSPS) is 12.1. The molecule has 2 rings (SSSR count). The summed E-state index contributed by atoms with van der Waals surface area (Å²) in [5.41, 5.74) is 0.310. The van der Waals surface area contributed by atoms with Crippen molar-refractivity contribution in [1.29, 1.82) is 0 Å². The van der Waals surface area contributed by atoms with Gasteiger partial charge in [0.15, 0.2) is 0 Å². The van der Waals surface area contributed by atoms with Gasteiger partial charge in [-0.05, 0) is 11.8 Å². The highest BCUT2D eigenvalue weighted by molar-refractivity contribution is 6.34. The zero-order chi connectivity index (χ0) is 14.7. The first-order valence-corrected chi connectivity index (χ1v) is 6.49. The third-order valence-electron chi connectivity index (χ3n) is 3.00. The predicted molar refractivity (Wildman–Crippen MR) is 75.9 cm³/mol. The Hall–Kier alpha value is -2.14. The van der Waals surface area contributed by atoms with E-state index in [2.05, 4.69) is 10.3 Å². The van der Waals surface area contributed by atoms with E-state index in [1.807, 2.05) is 0 Å². The summed E-state index contributed by atoms with van der Waals surface area (Å²) in [6.07, 6.45) is 1.66. The van der Waals surface area contributed by atoms with Gasteiger partial charge in [-0.1, -0.05) is 42.8 Å². The fraction of sp³-hybridized carbons (Fsp3) is 0.214. The van der Waals surface area contributed by atoms with Crippen LogP contribution in [-0.2, 0) is 4.79 Å². The molecule has 0 aliphatic carbocycles.